The Morgan fingerprint density at radius 2 is 1.33 bits per heavy atom. The van der Waals surface area contributed by atoms with Crippen LogP contribution in [0.3, 0.4) is 0 Å². The highest BCUT2D eigenvalue weighted by Crippen LogP contribution is 2.12. The Kier molecular flexibility index (Phi) is 21.2. The maximum atomic E-state index is 8.92. The molecule has 0 saturated carbocycles. The van der Waals surface area contributed by atoms with E-state index < -0.39 is 0 Å². The van der Waals surface area contributed by atoms with Crippen molar-refractivity contribution in [3.63, 3.8) is 0 Å². The summed E-state index contributed by atoms with van der Waals surface area (Å²) in [6.07, 6.45) is 0. The van der Waals surface area contributed by atoms with Gasteiger partial charge < -0.3 is 5.11 Å². The third-order valence-corrected chi connectivity index (χ3v) is 1.12. The van der Waals surface area contributed by atoms with Crippen molar-refractivity contribution in [3.05, 3.63) is 29.8 Å². The molecular weight excluding hydrogens is 242 g/mol. The third kappa shape index (κ3) is 6.86. The second-order valence-electron chi connectivity index (χ2n) is 1.79. The van der Waals surface area contributed by atoms with Gasteiger partial charge in [0, 0.05) is 0 Å². The van der Waals surface area contributed by atoms with E-state index in [0.717, 1.165) is 5.56 Å². The first kappa shape index (κ1) is 22.8. The van der Waals surface area contributed by atoms with E-state index in [9.17, 15) is 0 Å². The first-order valence-electron chi connectivity index (χ1n) is 2.55. The van der Waals surface area contributed by atoms with Crippen molar-refractivity contribution in [1.29, 1.82) is 0 Å². The number of phenols is 1. The number of hydrogen-bond acceptors (Lipinski definition) is 1. The minimum absolute atomic E-state index is 0. The van der Waals surface area contributed by atoms with Crippen LogP contribution in [0.2, 0.25) is 0 Å². The van der Waals surface area contributed by atoms with Crippen LogP contribution in [-0.4, -0.2) is 5.11 Å². The Morgan fingerprint density at radius 3 is 1.58 bits per heavy atom. The number of benzene rings is 1. The summed E-state index contributed by atoms with van der Waals surface area (Å²) in [5, 5.41) is 8.92. The van der Waals surface area contributed by atoms with Crippen molar-refractivity contribution < 1.29 is 5.11 Å². The Morgan fingerprint density at radius 1 is 0.917 bits per heavy atom. The Hall–Kier alpha value is 0.180. The lowest BCUT2D eigenvalue weighted by Crippen LogP contribution is -1.68. The van der Waals surface area contributed by atoms with Crippen LogP contribution in [0.15, 0.2) is 24.3 Å². The monoisotopic (exact) mass is 252 g/mol. The van der Waals surface area contributed by atoms with Crippen molar-refractivity contribution in [3.8, 4) is 5.75 Å². The molecule has 5 heteroatoms. The van der Waals surface area contributed by atoms with E-state index in [-0.39, 0.29) is 49.6 Å². The number of para-hydroxylation sites is 1. The molecule has 0 heterocycles. The molecule has 1 nitrogen and oxygen atoms in total. The second kappa shape index (κ2) is 11.2. The SMILES string of the molecule is Cc1ccccc1O.Cl.Cl.Cl.Cl. The van der Waals surface area contributed by atoms with Gasteiger partial charge in [0.05, 0.1) is 0 Å². The summed E-state index contributed by atoms with van der Waals surface area (Å²) in [5.74, 6) is 0.368. The van der Waals surface area contributed by atoms with E-state index in [4.69, 9.17) is 5.11 Å². The van der Waals surface area contributed by atoms with Gasteiger partial charge in [0.2, 0.25) is 0 Å². The average molecular weight is 254 g/mol. The van der Waals surface area contributed by atoms with E-state index in [1.54, 1.807) is 6.07 Å². The summed E-state index contributed by atoms with van der Waals surface area (Å²) in [6.45, 7) is 1.87. The molecule has 0 fully saturated rings. The largest absolute Gasteiger partial charge is 0.508 e. The van der Waals surface area contributed by atoms with Crippen LogP contribution in [0.5, 0.6) is 5.75 Å². The topological polar surface area (TPSA) is 20.2 Å². The molecule has 1 aromatic rings. The highest BCUT2D eigenvalue weighted by Gasteiger charge is 1.86. The van der Waals surface area contributed by atoms with Gasteiger partial charge >= 0.3 is 0 Å². The van der Waals surface area contributed by atoms with Gasteiger partial charge in [0.1, 0.15) is 5.75 Å². The van der Waals surface area contributed by atoms with Gasteiger partial charge in [-0.1, -0.05) is 18.2 Å². The molecule has 0 aliphatic carbocycles. The first-order valence-corrected chi connectivity index (χ1v) is 2.55. The van der Waals surface area contributed by atoms with Gasteiger partial charge in [-0.25, -0.2) is 0 Å². The van der Waals surface area contributed by atoms with E-state index in [2.05, 4.69) is 0 Å². The molecule has 74 valence electrons. The van der Waals surface area contributed by atoms with E-state index >= 15 is 0 Å². The van der Waals surface area contributed by atoms with Crippen LogP contribution >= 0.6 is 49.6 Å². The maximum Gasteiger partial charge on any atom is 0.118 e. The summed E-state index contributed by atoms with van der Waals surface area (Å²) in [7, 11) is 0. The molecule has 0 unspecified atom stereocenters. The van der Waals surface area contributed by atoms with Gasteiger partial charge in [0.25, 0.3) is 0 Å². The number of hydrogen-bond donors (Lipinski definition) is 1. The minimum Gasteiger partial charge on any atom is -0.508 e. The van der Waals surface area contributed by atoms with Gasteiger partial charge in [-0.15, -0.1) is 49.6 Å². The standard InChI is InChI=1S/C7H8O.4ClH/c1-6-4-2-3-5-7(6)8;;;;/h2-5,8H,1H3;4*1H. The molecule has 0 radical (unpaired) electrons. The molecule has 0 aromatic heterocycles. The van der Waals surface area contributed by atoms with Crippen LogP contribution in [-0.2, 0) is 0 Å². The molecule has 0 amide bonds. The maximum absolute atomic E-state index is 8.92. The second-order valence-corrected chi connectivity index (χ2v) is 1.79. The summed E-state index contributed by atoms with van der Waals surface area (Å²) in [6, 6.07) is 7.25. The lowest BCUT2D eigenvalue weighted by molar-refractivity contribution is 0.471. The predicted octanol–water partition coefficient (Wildman–Crippen LogP) is 3.39. The first-order chi connectivity index (χ1) is 3.80. The fourth-order valence-corrected chi connectivity index (χ4v) is 0.563. The third-order valence-electron chi connectivity index (χ3n) is 1.12. The lowest BCUT2D eigenvalue weighted by Gasteiger charge is -1.92. The van der Waals surface area contributed by atoms with Crippen molar-refractivity contribution in [2.45, 2.75) is 6.92 Å². The van der Waals surface area contributed by atoms with Gasteiger partial charge in [0.15, 0.2) is 0 Å². The van der Waals surface area contributed by atoms with Crippen molar-refractivity contribution in [1.82, 2.24) is 0 Å². The fraction of sp³-hybridized carbons (Fsp3) is 0.143. The molecule has 0 saturated heterocycles. The van der Waals surface area contributed by atoms with E-state index in [0.29, 0.717) is 5.75 Å². The summed E-state index contributed by atoms with van der Waals surface area (Å²) in [4.78, 5) is 0. The van der Waals surface area contributed by atoms with Gasteiger partial charge in [-0.05, 0) is 18.6 Å². The number of halogens is 4. The zero-order valence-electron chi connectivity index (χ0n) is 6.39. The Bertz CT molecular complexity index is 172. The molecule has 1 N–H and O–H groups in total. The zero-order valence-corrected chi connectivity index (χ0v) is 9.66. The highest BCUT2D eigenvalue weighted by atomic mass is 35.5. The molecule has 12 heavy (non-hydrogen) atoms. The Balaban J connectivity index is -0.0000000800. The van der Waals surface area contributed by atoms with E-state index in [1.165, 1.54) is 0 Å². The highest BCUT2D eigenvalue weighted by molar-refractivity contribution is 5.86. The lowest BCUT2D eigenvalue weighted by atomic mass is 10.2. The number of aromatic hydroxyl groups is 1. The van der Waals surface area contributed by atoms with Gasteiger partial charge in [-0.2, -0.15) is 0 Å². The van der Waals surface area contributed by atoms with Crippen LogP contribution in [0.1, 0.15) is 5.56 Å². The molecule has 0 spiro atoms. The molecule has 0 aliphatic rings. The quantitative estimate of drug-likeness (QED) is 0.752. The Labute approximate surface area is 97.2 Å². The molecule has 1 rings (SSSR count). The molecular formula is C7H12Cl4O. The van der Waals surface area contributed by atoms with Crippen molar-refractivity contribution in [2.75, 3.05) is 0 Å². The molecule has 0 aliphatic heterocycles. The van der Waals surface area contributed by atoms with Crippen LogP contribution in [0.25, 0.3) is 0 Å². The summed E-state index contributed by atoms with van der Waals surface area (Å²) < 4.78 is 0. The predicted molar refractivity (Wildman–Crippen MR) is 61.8 cm³/mol. The van der Waals surface area contributed by atoms with Crippen LogP contribution in [0.4, 0.5) is 0 Å². The zero-order chi connectivity index (χ0) is 5.98. The van der Waals surface area contributed by atoms with Crippen molar-refractivity contribution in [2.24, 2.45) is 0 Å². The fourth-order valence-electron chi connectivity index (χ4n) is 0.563. The number of aryl methyl sites for hydroxylation is 1. The van der Waals surface area contributed by atoms with Gasteiger partial charge in [-0.3, -0.25) is 0 Å². The number of rotatable bonds is 0. The summed E-state index contributed by atoms with van der Waals surface area (Å²) >= 11 is 0. The average Bonchev–Trinajstić information content (AvgIpc) is 1.77. The minimum atomic E-state index is 0. The molecule has 0 bridgehead atoms. The smallest absolute Gasteiger partial charge is 0.118 e. The molecule has 1 aromatic carbocycles. The number of phenolic OH excluding ortho intramolecular Hbond substituents is 1. The van der Waals surface area contributed by atoms with Crippen LogP contribution in [0, 0.1) is 6.92 Å². The van der Waals surface area contributed by atoms with Crippen LogP contribution < -0.4 is 0 Å². The molecule has 0 atom stereocenters. The van der Waals surface area contributed by atoms with E-state index in [1.807, 2.05) is 25.1 Å². The normalized spacial score (nSPS) is 6.08. The summed E-state index contributed by atoms with van der Waals surface area (Å²) in [5.41, 5.74) is 0.924. The van der Waals surface area contributed by atoms with Crippen molar-refractivity contribution >= 4 is 49.6 Å².